The van der Waals surface area contributed by atoms with E-state index in [0.29, 0.717) is 13.1 Å². The summed E-state index contributed by atoms with van der Waals surface area (Å²) in [5, 5.41) is 8.76. The van der Waals surface area contributed by atoms with Crippen LogP contribution in [0.5, 0.6) is 0 Å². The molecular formula is C11H17N3O2. The fourth-order valence-electron chi connectivity index (χ4n) is 1.54. The number of carbonyl (C=O) groups is 1. The Bertz CT molecular complexity index is 360. The van der Waals surface area contributed by atoms with E-state index < -0.39 is 5.97 Å². The van der Waals surface area contributed by atoms with Crippen molar-refractivity contribution >= 4 is 5.97 Å². The molecule has 0 bridgehead atoms. The molecule has 1 N–H and O–H groups in total. The van der Waals surface area contributed by atoms with E-state index in [0.717, 1.165) is 12.4 Å². The summed E-state index contributed by atoms with van der Waals surface area (Å²) in [6, 6.07) is 0. The van der Waals surface area contributed by atoms with Gasteiger partial charge in [-0.3, -0.25) is 9.69 Å². The predicted molar refractivity (Wildman–Crippen MR) is 61.0 cm³/mol. The van der Waals surface area contributed by atoms with E-state index in [2.05, 4.69) is 11.6 Å². The van der Waals surface area contributed by atoms with Crippen molar-refractivity contribution in [3.63, 3.8) is 0 Å². The first-order valence-corrected chi connectivity index (χ1v) is 5.22. The highest BCUT2D eigenvalue weighted by Crippen LogP contribution is 2.03. The quantitative estimate of drug-likeness (QED) is 0.700. The summed E-state index contributed by atoms with van der Waals surface area (Å²) in [6.07, 6.45) is 5.32. The van der Waals surface area contributed by atoms with Crippen LogP contribution < -0.4 is 0 Å². The first-order valence-electron chi connectivity index (χ1n) is 5.22. The summed E-state index contributed by atoms with van der Waals surface area (Å²) in [7, 11) is 0. The van der Waals surface area contributed by atoms with Gasteiger partial charge >= 0.3 is 5.97 Å². The number of aromatic nitrogens is 2. The number of hydrogen-bond acceptors (Lipinski definition) is 3. The Morgan fingerprint density at radius 1 is 1.75 bits per heavy atom. The molecule has 16 heavy (non-hydrogen) atoms. The molecule has 5 heteroatoms. The molecule has 1 heterocycles. The molecule has 0 unspecified atom stereocenters. The normalized spacial score (nSPS) is 10.6. The summed E-state index contributed by atoms with van der Waals surface area (Å²) >= 11 is 0. The maximum Gasteiger partial charge on any atom is 0.317 e. The van der Waals surface area contributed by atoms with E-state index >= 15 is 0 Å². The van der Waals surface area contributed by atoms with Crippen molar-refractivity contribution in [2.24, 2.45) is 0 Å². The van der Waals surface area contributed by atoms with Gasteiger partial charge in [0.2, 0.25) is 0 Å². The lowest BCUT2D eigenvalue weighted by molar-refractivity contribution is -0.138. The number of nitrogens with zero attached hydrogens (tertiary/aromatic N) is 3. The van der Waals surface area contributed by atoms with Crippen molar-refractivity contribution < 1.29 is 9.90 Å². The molecule has 0 radical (unpaired) electrons. The monoisotopic (exact) mass is 223 g/mol. The van der Waals surface area contributed by atoms with Crippen molar-refractivity contribution in [2.75, 3.05) is 13.1 Å². The molecule has 1 aromatic heterocycles. The van der Waals surface area contributed by atoms with Crippen LogP contribution in [-0.2, 0) is 17.9 Å². The van der Waals surface area contributed by atoms with Gasteiger partial charge in [0.15, 0.2) is 0 Å². The van der Waals surface area contributed by atoms with Gasteiger partial charge in [-0.2, -0.15) is 0 Å². The summed E-state index contributed by atoms with van der Waals surface area (Å²) in [4.78, 5) is 16.7. The van der Waals surface area contributed by atoms with Gasteiger partial charge in [-0.1, -0.05) is 6.08 Å². The predicted octanol–water partition coefficient (Wildman–Crippen LogP) is 0.976. The van der Waals surface area contributed by atoms with Gasteiger partial charge in [-0.25, -0.2) is 4.98 Å². The summed E-state index contributed by atoms with van der Waals surface area (Å²) in [5.41, 5.74) is 0. The van der Waals surface area contributed by atoms with E-state index in [1.165, 1.54) is 0 Å². The second kappa shape index (κ2) is 6.07. The molecular weight excluding hydrogens is 206 g/mol. The average Bonchev–Trinajstić information content (AvgIpc) is 2.64. The fourth-order valence-corrected chi connectivity index (χ4v) is 1.54. The summed E-state index contributed by atoms with van der Waals surface area (Å²) in [5.74, 6) is 0.0436. The van der Waals surface area contributed by atoms with Crippen LogP contribution >= 0.6 is 0 Å². The number of imidazole rings is 1. The third-order valence-electron chi connectivity index (χ3n) is 2.25. The Labute approximate surface area is 95.0 Å². The number of aryl methyl sites for hydroxylation is 1. The zero-order valence-electron chi connectivity index (χ0n) is 9.46. The molecule has 0 saturated heterocycles. The highest BCUT2D eigenvalue weighted by atomic mass is 16.4. The SMILES string of the molecule is C=CCN(CC(=O)O)Cc1nccn1CC. The second-order valence-corrected chi connectivity index (χ2v) is 3.48. The minimum absolute atomic E-state index is 0.00257. The number of carboxylic acid groups (broad SMARTS) is 1. The van der Waals surface area contributed by atoms with Crippen molar-refractivity contribution in [1.29, 1.82) is 0 Å². The first kappa shape index (κ1) is 12.4. The Morgan fingerprint density at radius 2 is 2.50 bits per heavy atom. The fraction of sp³-hybridized carbons (Fsp3) is 0.455. The van der Waals surface area contributed by atoms with Crippen LogP contribution in [0.25, 0.3) is 0 Å². The average molecular weight is 223 g/mol. The van der Waals surface area contributed by atoms with Crippen LogP contribution in [0.1, 0.15) is 12.7 Å². The topological polar surface area (TPSA) is 58.4 Å². The van der Waals surface area contributed by atoms with Crippen molar-refractivity contribution in [1.82, 2.24) is 14.5 Å². The lowest BCUT2D eigenvalue weighted by Gasteiger charge is -2.18. The maximum absolute atomic E-state index is 10.7. The number of rotatable bonds is 7. The molecule has 0 saturated carbocycles. The third kappa shape index (κ3) is 3.51. The van der Waals surface area contributed by atoms with Crippen LogP contribution in [-0.4, -0.2) is 38.6 Å². The minimum Gasteiger partial charge on any atom is -0.480 e. The Morgan fingerprint density at radius 3 is 3.06 bits per heavy atom. The molecule has 0 aliphatic carbocycles. The standard InChI is InChI=1S/C11H17N3O2/c1-3-6-13(9-11(15)16)8-10-12-5-7-14(10)4-2/h3,5,7H,1,4,6,8-9H2,2H3,(H,15,16). The minimum atomic E-state index is -0.837. The van der Waals surface area contributed by atoms with E-state index in [9.17, 15) is 4.79 Å². The highest BCUT2D eigenvalue weighted by Gasteiger charge is 2.11. The first-order chi connectivity index (χ1) is 7.67. The van der Waals surface area contributed by atoms with E-state index in [4.69, 9.17) is 5.11 Å². The summed E-state index contributed by atoms with van der Waals surface area (Å²) < 4.78 is 2.00. The van der Waals surface area contributed by atoms with E-state index in [1.54, 1.807) is 17.2 Å². The maximum atomic E-state index is 10.7. The van der Waals surface area contributed by atoms with Crippen molar-refractivity contribution in [3.8, 4) is 0 Å². The molecule has 1 aromatic rings. The Balaban J connectivity index is 2.66. The second-order valence-electron chi connectivity index (χ2n) is 3.48. The lowest BCUT2D eigenvalue weighted by atomic mass is 10.4. The molecule has 1 rings (SSSR count). The van der Waals surface area contributed by atoms with Crippen LogP contribution in [0, 0.1) is 0 Å². The van der Waals surface area contributed by atoms with Crippen molar-refractivity contribution in [2.45, 2.75) is 20.0 Å². The molecule has 0 aliphatic rings. The molecule has 0 atom stereocenters. The Hall–Kier alpha value is -1.62. The van der Waals surface area contributed by atoms with Gasteiger partial charge in [0.05, 0.1) is 13.1 Å². The molecule has 0 spiro atoms. The largest absolute Gasteiger partial charge is 0.480 e. The smallest absolute Gasteiger partial charge is 0.317 e. The molecule has 0 fully saturated rings. The van der Waals surface area contributed by atoms with Crippen LogP contribution in [0.15, 0.2) is 25.0 Å². The third-order valence-corrected chi connectivity index (χ3v) is 2.25. The van der Waals surface area contributed by atoms with Gasteiger partial charge < -0.3 is 9.67 Å². The van der Waals surface area contributed by atoms with Crippen LogP contribution in [0.4, 0.5) is 0 Å². The van der Waals surface area contributed by atoms with Gasteiger partial charge in [0, 0.05) is 25.5 Å². The molecule has 0 aromatic carbocycles. The van der Waals surface area contributed by atoms with Crippen molar-refractivity contribution in [3.05, 3.63) is 30.9 Å². The van der Waals surface area contributed by atoms with Gasteiger partial charge in [-0.05, 0) is 6.92 Å². The summed E-state index contributed by atoms with van der Waals surface area (Å²) in [6.45, 7) is 7.56. The van der Waals surface area contributed by atoms with Gasteiger partial charge in [0.25, 0.3) is 0 Å². The lowest BCUT2D eigenvalue weighted by Crippen LogP contribution is -2.30. The number of hydrogen-bond donors (Lipinski definition) is 1. The molecule has 0 amide bonds. The zero-order valence-corrected chi connectivity index (χ0v) is 9.46. The molecule has 5 nitrogen and oxygen atoms in total. The zero-order chi connectivity index (χ0) is 12.0. The van der Waals surface area contributed by atoms with E-state index in [1.807, 2.05) is 17.7 Å². The number of carboxylic acids is 1. The molecule has 88 valence electrons. The van der Waals surface area contributed by atoms with Gasteiger partial charge in [-0.15, -0.1) is 6.58 Å². The molecule has 0 aliphatic heterocycles. The van der Waals surface area contributed by atoms with Crippen LogP contribution in [0.2, 0.25) is 0 Å². The highest BCUT2D eigenvalue weighted by molar-refractivity contribution is 5.69. The number of aliphatic carboxylic acids is 1. The van der Waals surface area contributed by atoms with Crippen LogP contribution in [0.3, 0.4) is 0 Å². The Kier molecular flexibility index (Phi) is 4.72. The van der Waals surface area contributed by atoms with E-state index in [-0.39, 0.29) is 6.54 Å². The van der Waals surface area contributed by atoms with Gasteiger partial charge in [0.1, 0.15) is 5.82 Å².